The van der Waals surface area contributed by atoms with Crippen molar-refractivity contribution in [2.75, 3.05) is 12.3 Å². The van der Waals surface area contributed by atoms with Gasteiger partial charge in [-0.25, -0.2) is 9.36 Å². The predicted molar refractivity (Wildman–Crippen MR) is 132 cm³/mol. The second-order valence-corrected chi connectivity index (χ2v) is 11.5. The van der Waals surface area contributed by atoms with E-state index >= 15 is 0 Å². The van der Waals surface area contributed by atoms with Crippen molar-refractivity contribution < 1.29 is 18.8 Å². The molecular formula is C24H29ClN3O4Si. The van der Waals surface area contributed by atoms with Gasteiger partial charge in [-0.15, -0.1) is 0 Å². The molecule has 2 N–H and O–H groups in total. The monoisotopic (exact) mass is 486 g/mol. The number of halogens is 1. The summed E-state index contributed by atoms with van der Waals surface area (Å²) in [6.07, 6.45) is 0.466. The van der Waals surface area contributed by atoms with Crippen molar-refractivity contribution in [3.05, 3.63) is 58.5 Å². The van der Waals surface area contributed by atoms with Gasteiger partial charge in [0, 0.05) is 22.2 Å². The zero-order valence-corrected chi connectivity index (χ0v) is 21.5. The van der Waals surface area contributed by atoms with E-state index in [0.29, 0.717) is 21.5 Å². The van der Waals surface area contributed by atoms with Crippen LogP contribution >= 0.6 is 11.6 Å². The van der Waals surface area contributed by atoms with E-state index in [9.17, 15) is 9.59 Å². The fraction of sp³-hybridized carbons (Fsp3) is 0.375. The molecule has 3 rings (SSSR count). The number of pyridine rings is 1. The van der Waals surface area contributed by atoms with E-state index in [1.165, 1.54) is 4.57 Å². The van der Waals surface area contributed by atoms with Crippen LogP contribution in [0.15, 0.2) is 36.5 Å². The second-order valence-electron chi connectivity index (χ2n) is 9.00. The molecule has 0 aliphatic heterocycles. The normalized spacial score (nSPS) is 12.8. The Bertz CT molecular complexity index is 1200. The number of nitrogen functional groups attached to an aromatic ring is 1. The smallest absolute Gasteiger partial charge is 0.419 e. The fourth-order valence-corrected chi connectivity index (χ4v) is 4.88. The molecule has 9 heteroatoms. The number of ether oxygens (including phenoxy) is 1. The molecule has 0 saturated carbocycles. The zero-order chi connectivity index (χ0) is 24.5. The van der Waals surface area contributed by atoms with Crippen molar-refractivity contribution in [2.45, 2.75) is 46.9 Å². The summed E-state index contributed by atoms with van der Waals surface area (Å²) < 4.78 is 12.7. The summed E-state index contributed by atoms with van der Waals surface area (Å²) in [5, 5.41) is 0.939. The van der Waals surface area contributed by atoms with Gasteiger partial charge in [-0.05, 0) is 49.7 Å². The Kier molecular flexibility index (Phi) is 7.31. The number of ketones is 1. The van der Waals surface area contributed by atoms with Crippen LogP contribution in [-0.2, 0) is 9.16 Å². The highest BCUT2D eigenvalue weighted by Crippen LogP contribution is 2.39. The van der Waals surface area contributed by atoms with Crippen LogP contribution in [0, 0.1) is 5.41 Å². The Morgan fingerprint density at radius 2 is 1.94 bits per heavy atom. The van der Waals surface area contributed by atoms with Crippen molar-refractivity contribution in [1.82, 2.24) is 9.55 Å². The van der Waals surface area contributed by atoms with E-state index in [1.54, 1.807) is 37.4 Å². The highest BCUT2D eigenvalue weighted by Gasteiger charge is 2.34. The van der Waals surface area contributed by atoms with Gasteiger partial charge < -0.3 is 14.9 Å². The third-order valence-electron chi connectivity index (χ3n) is 5.11. The van der Waals surface area contributed by atoms with Crippen molar-refractivity contribution >= 4 is 49.1 Å². The summed E-state index contributed by atoms with van der Waals surface area (Å²) >= 11 is 6.18. The first-order valence-electron chi connectivity index (χ1n) is 10.7. The molecule has 1 atom stereocenters. The lowest BCUT2D eigenvalue weighted by Gasteiger charge is -2.33. The van der Waals surface area contributed by atoms with E-state index in [4.69, 9.17) is 26.5 Å². The molecule has 3 aromatic rings. The Labute approximate surface area is 200 Å². The minimum absolute atomic E-state index is 0.00291. The lowest BCUT2D eigenvalue weighted by molar-refractivity contribution is 0.0832. The molecule has 1 unspecified atom stereocenters. The van der Waals surface area contributed by atoms with Crippen LogP contribution in [0.4, 0.5) is 10.5 Å². The van der Waals surface area contributed by atoms with E-state index in [-0.39, 0.29) is 35.2 Å². The number of fused-ring (bicyclic) bond motifs is 1. The Morgan fingerprint density at radius 3 is 2.55 bits per heavy atom. The highest BCUT2D eigenvalue weighted by molar-refractivity contribution is 6.48. The van der Waals surface area contributed by atoms with Crippen molar-refractivity contribution in [2.24, 2.45) is 5.41 Å². The molecule has 1 aromatic carbocycles. The Balaban J connectivity index is 2.27. The quantitative estimate of drug-likeness (QED) is 0.346. The summed E-state index contributed by atoms with van der Waals surface area (Å²) in [6, 6.07) is 8.54. The number of hydrogen-bond donors (Lipinski definition) is 1. The molecule has 0 fully saturated rings. The maximum absolute atomic E-state index is 13.9. The van der Waals surface area contributed by atoms with Crippen LogP contribution in [0.5, 0.6) is 0 Å². The summed E-state index contributed by atoms with van der Waals surface area (Å²) in [6.45, 7) is 12.1. The number of aromatic nitrogens is 2. The van der Waals surface area contributed by atoms with Gasteiger partial charge in [0.2, 0.25) is 14.8 Å². The number of benzene rings is 1. The lowest BCUT2D eigenvalue weighted by atomic mass is 9.83. The second kappa shape index (κ2) is 9.67. The molecular weight excluding hydrogens is 458 g/mol. The van der Waals surface area contributed by atoms with Crippen LogP contribution in [0.3, 0.4) is 0 Å². The number of hydrogen-bond acceptors (Lipinski definition) is 6. The molecule has 0 saturated heterocycles. The van der Waals surface area contributed by atoms with Gasteiger partial charge in [-0.2, -0.15) is 0 Å². The summed E-state index contributed by atoms with van der Waals surface area (Å²) in [5.74, 6) is -0.484. The average Bonchev–Trinajstić information content (AvgIpc) is 3.02. The first-order valence-corrected chi connectivity index (χ1v) is 13.5. The SMILES string of the molecule is CCOC(=O)n1c(C(=O)c2ncccc2C(O[Si](C)C)C(C)(C)C)c(N)c2ccc(Cl)cc21. The summed E-state index contributed by atoms with van der Waals surface area (Å²) in [4.78, 5) is 31.3. The fourth-order valence-electron chi connectivity index (χ4n) is 3.76. The average molecular weight is 487 g/mol. The number of anilines is 1. The van der Waals surface area contributed by atoms with Crippen LogP contribution in [0.25, 0.3) is 10.9 Å². The maximum Gasteiger partial charge on any atom is 0.419 e. The van der Waals surface area contributed by atoms with E-state index in [0.717, 1.165) is 0 Å². The minimum atomic E-state index is -1.09. The van der Waals surface area contributed by atoms with E-state index < -0.39 is 20.9 Å². The molecule has 0 amide bonds. The maximum atomic E-state index is 13.9. The zero-order valence-electron chi connectivity index (χ0n) is 19.7. The largest absolute Gasteiger partial charge is 0.449 e. The number of carbonyl (C=O) groups is 2. The molecule has 2 aromatic heterocycles. The number of rotatable bonds is 6. The standard InChI is InChI=1S/C24H29ClN3O4Si/c1-7-31-23(30)28-17-13-14(25)10-11-15(17)18(26)20(28)21(29)19-16(9-8-12-27-19)22(24(2,3)4)32-33(5)6/h8-13,22H,7,26H2,1-6H3. The van der Waals surface area contributed by atoms with Crippen molar-refractivity contribution in [1.29, 1.82) is 0 Å². The van der Waals surface area contributed by atoms with Crippen LogP contribution in [-0.4, -0.2) is 37.1 Å². The van der Waals surface area contributed by atoms with E-state index in [1.807, 2.05) is 19.2 Å². The molecule has 33 heavy (non-hydrogen) atoms. The van der Waals surface area contributed by atoms with Gasteiger partial charge in [0.1, 0.15) is 11.4 Å². The molecule has 7 nitrogen and oxygen atoms in total. The molecule has 0 aliphatic rings. The highest BCUT2D eigenvalue weighted by atomic mass is 35.5. The minimum Gasteiger partial charge on any atom is -0.449 e. The van der Waals surface area contributed by atoms with Crippen molar-refractivity contribution in [3.63, 3.8) is 0 Å². The van der Waals surface area contributed by atoms with Crippen LogP contribution in [0.1, 0.15) is 55.5 Å². The van der Waals surface area contributed by atoms with Gasteiger partial charge in [0.05, 0.1) is 23.9 Å². The molecule has 0 aliphatic carbocycles. The Morgan fingerprint density at radius 1 is 1.24 bits per heavy atom. The van der Waals surface area contributed by atoms with Crippen LogP contribution in [0.2, 0.25) is 18.1 Å². The van der Waals surface area contributed by atoms with Gasteiger partial charge >= 0.3 is 6.09 Å². The Hall–Kier alpha value is -2.68. The number of carbonyl (C=O) groups excluding carboxylic acids is 2. The molecule has 2 heterocycles. The summed E-state index contributed by atoms with van der Waals surface area (Å²) in [7, 11) is -1.09. The third kappa shape index (κ3) is 4.97. The van der Waals surface area contributed by atoms with Crippen LogP contribution < -0.4 is 5.73 Å². The van der Waals surface area contributed by atoms with E-state index in [2.05, 4.69) is 25.8 Å². The number of nitrogens with zero attached hydrogens (tertiary/aromatic N) is 2. The predicted octanol–water partition coefficient (Wildman–Crippen LogP) is 5.86. The van der Waals surface area contributed by atoms with Gasteiger partial charge in [0.15, 0.2) is 0 Å². The van der Waals surface area contributed by atoms with Gasteiger partial charge in [-0.1, -0.05) is 38.4 Å². The van der Waals surface area contributed by atoms with Crippen molar-refractivity contribution in [3.8, 4) is 0 Å². The summed E-state index contributed by atoms with van der Waals surface area (Å²) in [5.41, 5.74) is 7.51. The third-order valence-corrected chi connectivity index (χ3v) is 6.05. The molecule has 0 bridgehead atoms. The molecule has 175 valence electrons. The number of nitrogens with two attached hydrogens (primary N) is 1. The lowest BCUT2D eigenvalue weighted by Crippen LogP contribution is -2.29. The topological polar surface area (TPSA) is 96.4 Å². The molecule has 0 spiro atoms. The van der Waals surface area contributed by atoms with Gasteiger partial charge in [0.25, 0.3) is 0 Å². The first-order chi connectivity index (χ1) is 15.5. The van der Waals surface area contributed by atoms with Gasteiger partial charge in [-0.3, -0.25) is 9.78 Å². The molecule has 1 radical (unpaired) electrons. The first kappa shape index (κ1) is 24.9.